The highest BCUT2D eigenvalue weighted by Crippen LogP contribution is 2.21. The summed E-state index contributed by atoms with van der Waals surface area (Å²) in [5.74, 6) is 1.87. The van der Waals surface area contributed by atoms with Crippen LogP contribution in [0.5, 0.6) is 0 Å². The second kappa shape index (κ2) is 8.56. The molecule has 1 fully saturated rings. The number of furan rings is 1. The van der Waals surface area contributed by atoms with Crippen molar-refractivity contribution in [1.29, 1.82) is 0 Å². The van der Waals surface area contributed by atoms with Gasteiger partial charge in [-0.2, -0.15) is 0 Å². The van der Waals surface area contributed by atoms with Crippen LogP contribution < -0.4 is 11.1 Å². The number of nitrogens with zero attached hydrogens (tertiary/aromatic N) is 2. The van der Waals surface area contributed by atoms with Gasteiger partial charge >= 0.3 is 0 Å². The molecule has 6 heteroatoms. The summed E-state index contributed by atoms with van der Waals surface area (Å²) in [6, 6.07) is 14.0. The van der Waals surface area contributed by atoms with E-state index in [9.17, 15) is 4.79 Å². The summed E-state index contributed by atoms with van der Waals surface area (Å²) < 4.78 is 5.40. The first-order chi connectivity index (χ1) is 12.7. The lowest BCUT2D eigenvalue weighted by molar-refractivity contribution is 0.0972. The summed E-state index contributed by atoms with van der Waals surface area (Å²) in [5.41, 5.74) is 6.62. The number of nitrogens with two attached hydrogens (primary N) is 1. The van der Waals surface area contributed by atoms with Gasteiger partial charge < -0.3 is 20.4 Å². The van der Waals surface area contributed by atoms with E-state index in [2.05, 4.69) is 45.5 Å². The first-order valence-electron chi connectivity index (χ1n) is 9.03. The van der Waals surface area contributed by atoms with Crippen LogP contribution in [-0.2, 0) is 13.0 Å². The van der Waals surface area contributed by atoms with Crippen LogP contribution in [0.15, 0.2) is 51.9 Å². The first kappa shape index (κ1) is 18.0. The summed E-state index contributed by atoms with van der Waals surface area (Å²) in [5, 5.41) is 3.30. The molecule has 3 N–H and O–H groups in total. The number of carbonyl (C=O) groups is 1. The molecule has 1 aromatic carbocycles. The number of nitrogens with one attached hydrogen (secondary N) is 1. The summed E-state index contributed by atoms with van der Waals surface area (Å²) in [6.07, 6.45) is 3.45. The molecule has 6 nitrogen and oxygen atoms in total. The highest BCUT2D eigenvalue weighted by molar-refractivity contribution is 5.89. The zero-order valence-corrected chi connectivity index (χ0v) is 15.1. The van der Waals surface area contributed by atoms with Crippen LogP contribution in [0.1, 0.15) is 34.7 Å². The van der Waals surface area contributed by atoms with Crippen LogP contribution >= 0.6 is 0 Å². The van der Waals surface area contributed by atoms with Gasteiger partial charge in [-0.05, 0) is 42.9 Å². The van der Waals surface area contributed by atoms with Gasteiger partial charge in [0.15, 0.2) is 11.7 Å². The molecule has 0 unspecified atom stereocenters. The van der Waals surface area contributed by atoms with Crippen molar-refractivity contribution in [3.8, 4) is 0 Å². The minimum Gasteiger partial charge on any atom is -0.454 e. The van der Waals surface area contributed by atoms with Gasteiger partial charge in [0.05, 0.1) is 6.54 Å². The Morgan fingerprint density at radius 2 is 1.96 bits per heavy atom. The van der Waals surface area contributed by atoms with Gasteiger partial charge in [-0.25, -0.2) is 0 Å². The van der Waals surface area contributed by atoms with Crippen LogP contribution in [0.25, 0.3) is 0 Å². The third-order valence-corrected chi connectivity index (χ3v) is 4.82. The molecular formula is C20H26N4O2. The van der Waals surface area contributed by atoms with E-state index in [-0.39, 0.29) is 5.76 Å². The number of rotatable bonds is 5. The minimum absolute atomic E-state index is 0.179. The number of hydrogen-bond donors (Lipinski definition) is 2. The molecule has 1 aliphatic rings. The van der Waals surface area contributed by atoms with Crippen molar-refractivity contribution in [2.45, 2.75) is 25.8 Å². The number of likely N-dealkylation sites (tertiary alicyclic amines) is 1. The average Bonchev–Trinajstić information content (AvgIpc) is 3.14. The number of amides is 1. The van der Waals surface area contributed by atoms with E-state index in [0.717, 1.165) is 44.2 Å². The smallest absolute Gasteiger partial charge is 0.284 e. The third-order valence-electron chi connectivity index (χ3n) is 4.82. The summed E-state index contributed by atoms with van der Waals surface area (Å²) in [4.78, 5) is 17.7. The Kier molecular flexibility index (Phi) is 5.94. The fourth-order valence-electron chi connectivity index (χ4n) is 3.40. The van der Waals surface area contributed by atoms with Crippen LogP contribution in [0, 0.1) is 5.92 Å². The average molecular weight is 354 g/mol. The molecular weight excluding hydrogens is 328 g/mol. The van der Waals surface area contributed by atoms with E-state index in [1.807, 2.05) is 0 Å². The minimum atomic E-state index is -0.555. The first-order valence-corrected chi connectivity index (χ1v) is 9.03. The normalized spacial score (nSPS) is 15.9. The molecule has 1 amide bonds. The zero-order chi connectivity index (χ0) is 18.4. The molecule has 0 bridgehead atoms. The topological polar surface area (TPSA) is 83.9 Å². The number of carbonyl (C=O) groups excluding carboxylic acids is 1. The lowest BCUT2D eigenvalue weighted by Crippen LogP contribution is -2.45. The van der Waals surface area contributed by atoms with E-state index < -0.39 is 5.91 Å². The molecule has 0 saturated carbocycles. The van der Waals surface area contributed by atoms with Crippen molar-refractivity contribution in [1.82, 2.24) is 10.2 Å². The predicted molar refractivity (Wildman–Crippen MR) is 102 cm³/mol. The Hall–Kier alpha value is -2.76. The van der Waals surface area contributed by atoms with Crippen molar-refractivity contribution < 1.29 is 9.21 Å². The largest absolute Gasteiger partial charge is 0.454 e. The Morgan fingerprint density at radius 3 is 2.58 bits per heavy atom. The maximum atomic E-state index is 11.1. The van der Waals surface area contributed by atoms with Gasteiger partial charge in [-0.15, -0.1) is 0 Å². The lowest BCUT2D eigenvalue weighted by Gasteiger charge is -2.34. The molecule has 0 atom stereocenters. The molecule has 1 aliphatic heterocycles. The predicted octanol–water partition coefficient (Wildman–Crippen LogP) is 2.41. The van der Waals surface area contributed by atoms with E-state index in [0.29, 0.717) is 12.3 Å². The number of piperidine rings is 1. The highest BCUT2D eigenvalue weighted by atomic mass is 16.3. The van der Waals surface area contributed by atoms with Crippen LogP contribution in [-0.4, -0.2) is 36.9 Å². The van der Waals surface area contributed by atoms with Crippen molar-refractivity contribution in [3.05, 3.63) is 59.5 Å². The zero-order valence-electron chi connectivity index (χ0n) is 15.1. The molecule has 0 spiro atoms. The monoisotopic (exact) mass is 354 g/mol. The standard InChI is InChI=1S/C20H26N4O2/c1-22-20(23-14-17-7-8-18(26-17)19(21)25)24-11-9-16(10-12-24)13-15-5-3-2-4-6-15/h2-8,16H,9-14H2,1H3,(H2,21,25)(H,22,23). The summed E-state index contributed by atoms with van der Waals surface area (Å²) >= 11 is 0. The number of hydrogen-bond acceptors (Lipinski definition) is 3. The molecule has 26 heavy (non-hydrogen) atoms. The van der Waals surface area contributed by atoms with Crippen molar-refractivity contribution in [2.75, 3.05) is 20.1 Å². The van der Waals surface area contributed by atoms with Crippen LogP contribution in [0.4, 0.5) is 0 Å². The highest BCUT2D eigenvalue weighted by Gasteiger charge is 2.21. The van der Waals surface area contributed by atoms with E-state index in [1.54, 1.807) is 19.2 Å². The SMILES string of the molecule is CN=C(NCc1ccc(C(N)=O)o1)N1CCC(Cc2ccccc2)CC1. The Morgan fingerprint density at radius 1 is 1.23 bits per heavy atom. The van der Waals surface area contributed by atoms with Gasteiger partial charge in [0.25, 0.3) is 5.91 Å². The fraction of sp³-hybridized carbons (Fsp3) is 0.400. The van der Waals surface area contributed by atoms with Crippen LogP contribution in [0.3, 0.4) is 0 Å². The molecule has 3 rings (SSSR count). The van der Waals surface area contributed by atoms with Crippen molar-refractivity contribution >= 4 is 11.9 Å². The maximum absolute atomic E-state index is 11.1. The number of benzene rings is 1. The summed E-state index contributed by atoms with van der Waals surface area (Å²) in [6.45, 7) is 2.45. The summed E-state index contributed by atoms with van der Waals surface area (Å²) in [7, 11) is 1.79. The van der Waals surface area contributed by atoms with Gasteiger partial charge in [-0.3, -0.25) is 9.79 Å². The quantitative estimate of drug-likeness (QED) is 0.638. The third kappa shape index (κ3) is 4.65. The van der Waals surface area contributed by atoms with Gasteiger partial charge in [0.2, 0.25) is 0 Å². The lowest BCUT2D eigenvalue weighted by atomic mass is 9.90. The van der Waals surface area contributed by atoms with Crippen molar-refractivity contribution in [2.24, 2.45) is 16.6 Å². The van der Waals surface area contributed by atoms with Crippen molar-refractivity contribution in [3.63, 3.8) is 0 Å². The molecule has 0 aliphatic carbocycles. The molecule has 2 aromatic rings. The van der Waals surface area contributed by atoms with Crippen LogP contribution in [0.2, 0.25) is 0 Å². The van der Waals surface area contributed by atoms with Gasteiger partial charge in [0.1, 0.15) is 5.76 Å². The molecule has 138 valence electrons. The van der Waals surface area contributed by atoms with E-state index in [4.69, 9.17) is 10.2 Å². The fourth-order valence-corrected chi connectivity index (χ4v) is 3.40. The molecule has 0 radical (unpaired) electrons. The molecule has 1 saturated heterocycles. The van der Waals surface area contributed by atoms with E-state index >= 15 is 0 Å². The molecule has 1 aromatic heterocycles. The van der Waals surface area contributed by atoms with E-state index in [1.165, 1.54) is 5.56 Å². The Balaban J connectivity index is 1.48. The second-order valence-electron chi connectivity index (χ2n) is 6.65. The Bertz CT molecular complexity index is 746. The maximum Gasteiger partial charge on any atom is 0.284 e. The number of primary amides is 1. The van der Waals surface area contributed by atoms with Gasteiger partial charge in [-0.1, -0.05) is 30.3 Å². The molecule has 2 heterocycles. The number of aliphatic imine (C=N–C) groups is 1. The second-order valence-corrected chi connectivity index (χ2v) is 6.65. The number of guanidine groups is 1. The van der Waals surface area contributed by atoms with Gasteiger partial charge in [0, 0.05) is 20.1 Å². The Labute approximate surface area is 154 Å².